The summed E-state index contributed by atoms with van der Waals surface area (Å²) in [6.07, 6.45) is 0.500. The maximum atomic E-state index is 9.40. The normalized spacial score (nSPS) is 16.4. The summed E-state index contributed by atoms with van der Waals surface area (Å²) in [5.41, 5.74) is 4.72. The Balaban J connectivity index is 2.81. The van der Waals surface area contributed by atoms with Crippen molar-refractivity contribution in [2.75, 3.05) is 0 Å². The van der Waals surface area contributed by atoms with E-state index in [4.69, 9.17) is 0 Å². The van der Waals surface area contributed by atoms with Gasteiger partial charge in [0.1, 0.15) is 0 Å². The number of nitrogens with one attached hydrogen (secondary N) is 1. The van der Waals surface area contributed by atoms with Gasteiger partial charge in [0, 0.05) is 23.5 Å². The highest BCUT2D eigenvalue weighted by molar-refractivity contribution is 5.33. The largest absolute Gasteiger partial charge is 0.393 e. The number of aliphatic hydroxyl groups is 1. The molecule has 0 spiro atoms. The van der Waals surface area contributed by atoms with Gasteiger partial charge in [0.2, 0.25) is 0 Å². The van der Waals surface area contributed by atoms with E-state index in [0.717, 1.165) is 17.8 Å². The Bertz CT molecular complexity index is 378. The topological polar surface area (TPSA) is 45.1 Å². The van der Waals surface area contributed by atoms with Crippen LogP contribution in [0.4, 0.5) is 0 Å². The van der Waals surface area contributed by atoms with Gasteiger partial charge in [-0.3, -0.25) is 4.98 Å². The van der Waals surface area contributed by atoms with Crippen LogP contribution in [0.5, 0.6) is 0 Å². The molecule has 1 aromatic rings. The van der Waals surface area contributed by atoms with Crippen molar-refractivity contribution in [2.24, 2.45) is 0 Å². The number of hydrogen-bond acceptors (Lipinski definition) is 3. The minimum absolute atomic E-state index is 0.256. The first-order valence-corrected chi connectivity index (χ1v) is 6.70. The van der Waals surface area contributed by atoms with Crippen LogP contribution in [0, 0.1) is 20.8 Å². The molecule has 18 heavy (non-hydrogen) atoms. The summed E-state index contributed by atoms with van der Waals surface area (Å²) in [6.45, 7) is 12.3. The molecule has 0 radical (unpaired) electrons. The van der Waals surface area contributed by atoms with E-state index in [1.54, 1.807) is 0 Å². The summed E-state index contributed by atoms with van der Waals surface area (Å²) < 4.78 is 0. The van der Waals surface area contributed by atoms with Crippen molar-refractivity contribution in [3.05, 3.63) is 28.6 Å². The Hall–Kier alpha value is -0.930. The molecule has 0 saturated carbocycles. The monoisotopic (exact) mass is 250 g/mol. The minimum atomic E-state index is -0.266. The van der Waals surface area contributed by atoms with E-state index >= 15 is 0 Å². The predicted molar refractivity (Wildman–Crippen MR) is 75.8 cm³/mol. The Kier molecular flexibility index (Phi) is 5.29. The third kappa shape index (κ3) is 4.07. The van der Waals surface area contributed by atoms with Gasteiger partial charge >= 0.3 is 0 Å². The van der Waals surface area contributed by atoms with Crippen molar-refractivity contribution >= 4 is 0 Å². The molecule has 3 nitrogen and oxygen atoms in total. The quantitative estimate of drug-likeness (QED) is 0.844. The van der Waals surface area contributed by atoms with Crippen molar-refractivity contribution in [3.63, 3.8) is 0 Å². The highest BCUT2D eigenvalue weighted by atomic mass is 16.3. The molecular weight excluding hydrogens is 224 g/mol. The fourth-order valence-electron chi connectivity index (χ4n) is 2.78. The molecule has 1 rings (SSSR count). The fourth-order valence-corrected chi connectivity index (χ4v) is 2.78. The smallest absolute Gasteiger partial charge is 0.0526 e. The van der Waals surface area contributed by atoms with Crippen LogP contribution < -0.4 is 5.32 Å². The van der Waals surface area contributed by atoms with Crippen molar-refractivity contribution < 1.29 is 5.11 Å². The number of pyridine rings is 1. The molecule has 1 heterocycles. The van der Waals surface area contributed by atoms with Crippen LogP contribution >= 0.6 is 0 Å². The van der Waals surface area contributed by atoms with Gasteiger partial charge < -0.3 is 10.4 Å². The van der Waals surface area contributed by atoms with Crippen LogP contribution in [0.25, 0.3) is 0 Å². The number of nitrogens with zero attached hydrogens (tertiary/aromatic N) is 1. The van der Waals surface area contributed by atoms with Gasteiger partial charge in [0.15, 0.2) is 0 Å². The number of hydrogen-bond donors (Lipinski definition) is 2. The van der Waals surface area contributed by atoms with Crippen LogP contribution in [0.15, 0.2) is 6.07 Å². The molecule has 102 valence electrons. The predicted octanol–water partition coefficient (Wildman–Crippen LogP) is 2.82. The van der Waals surface area contributed by atoms with E-state index in [1.165, 1.54) is 11.1 Å². The van der Waals surface area contributed by atoms with E-state index in [-0.39, 0.29) is 12.1 Å². The van der Waals surface area contributed by atoms with Crippen molar-refractivity contribution in [2.45, 2.75) is 66.2 Å². The molecule has 0 aliphatic heterocycles. The van der Waals surface area contributed by atoms with Crippen molar-refractivity contribution in [1.82, 2.24) is 10.3 Å². The lowest BCUT2D eigenvalue weighted by Crippen LogP contribution is -2.32. The van der Waals surface area contributed by atoms with Crippen molar-refractivity contribution in [3.8, 4) is 0 Å². The zero-order valence-electron chi connectivity index (χ0n) is 12.4. The third-order valence-corrected chi connectivity index (χ3v) is 3.25. The average Bonchev–Trinajstić information content (AvgIpc) is 2.12. The average molecular weight is 250 g/mol. The van der Waals surface area contributed by atoms with Gasteiger partial charge in [0.05, 0.1) is 6.10 Å². The minimum Gasteiger partial charge on any atom is -0.393 e. The number of aryl methyl sites for hydroxylation is 3. The molecule has 0 aromatic carbocycles. The van der Waals surface area contributed by atoms with E-state index in [9.17, 15) is 5.11 Å². The van der Waals surface area contributed by atoms with Crippen LogP contribution in [0.1, 0.15) is 55.7 Å². The summed E-state index contributed by atoms with van der Waals surface area (Å²) in [5, 5.41) is 12.9. The molecule has 0 aliphatic rings. The molecule has 0 fully saturated rings. The molecule has 1 aromatic heterocycles. The molecule has 0 bridgehead atoms. The summed E-state index contributed by atoms with van der Waals surface area (Å²) in [6, 6.07) is 2.67. The maximum absolute atomic E-state index is 9.40. The highest BCUT2D eigenvalue weighted by Gasteiger charge is 2.16. The van der Waals surface area contributed by atoms with Crippen LogP contribution in [0.3, 0.4) is 0 Å². The Morgan fingerprint density at radius 2 is 1.83 bits per heavy atom. The van der Waals surface area contributed by atoms with Gasteiger partial charge in [-0.05, 0) is 65.2 Å². The zero-order chi connectivity index (χ0) is 13.9. The van der Waals surface area contributed by atoms with Gasteiger partial charge in [-0.25, -0.2) is 0 Å². The van der Waals surface area contributed by atoms with Crippen LogP contribution in [-0.2, 0) is 0 Å². The van der Waals surface area contributed by atoms with E-state index in [0.29, 0.717) is 6.04 Å². The second-order valence-corrected chi connectivity index (χ2v) is 5.45. The summed E-state index contributed by atoms with van der Waals surface area (Å²) >= 11 is 0. The number of aromatic nitrogens is 1. The summed E-state index contributed by atoms with van der Waals surface area (Å²) in [7, 11) is 0. The molecule has 3 heteroatoms. The lowest BCUT2D eigenvalue weighted by atomic mass is 9.99. The van der Waals surface area contributed by atoms with E-state index in [2.05, 4.69) is 44.1 Å². The SMILES string of the molecule is Cc1cc(C)c(C(C)NC(C)CC(C)O)c(C)n1. The molecule has 0 saturated heterocycles. The molecule has 0 aliphatic carbocycles. The maximum Gasteiger partial charge on any atom is 0.0526 e. The van der Waals surface area contributed by atoms with Gasteiger partial charge in [-0.2, -0.15) is 0 Å². The Morgan fingerprint density at radius 1 is 1.22 bits per heavy atom. The highest BCUT2D eigenvalue weighted by Crippen LogP contribution is 2.22. The summed E-state index contributed by atoms with van der Waals surface area (Å²) in [4.78, 5) is 4.53. The van der Waals surface area contributed by atoms with Crippen molar-refractivity contribution in [1.29, 1.82) is 0 Å². The zero-order valence-corrected chi connectivity index (χ0v) is 12.4. The second-order valence-electron chi connectivity index (χ2n) is 5.45. The van der Waals surface area contributed by atoms with Gasteiger partial charge in [-0.1, -0.05) is 0 Å². The Morgan fingerprint density at radius 3 is 2.33 bits per heavy atom. The Labute approximate surface area is 111 Å². The lowest BCUT2D eigenvalue weighted by molar-refractivity contribution is 0.168. The molecule has 0 amide bonds. The fraction of sp³-hybridized carbons (Fsp3) is 0.667. The molecular formula is C15H26N2O. The van der Waals surface area contributed by atoms with Gasteiger partial charge in [0.25, 0.3) is 0 Å². The number of rotatable bonds is 5. The van der Waals surface area contributed by atoms with E-state index < -0.39 is 0 Å². The standard InChI is InChI=1S/C15H26N2O/c1-9-7-10(2)16-13(5)15(9)14(6)17-11(3)8-12(4)18/h7,11-12,14,17-18H,8H2,1-6H3. The van der Waals surface area contributed by atoms with E-state index in [1.807, 2.05) is 13.8 Å². The number of aliphatic hydroxyl groups excluding tert-OH is 1. The second kappa shape index (κ2) is 6.30. The first-order valence-electron chi connectivity index (χ1n) is 6.70. The third-order valence-electron chi connectivity index (χ3n) is 3.25. The lowest BCUT2D eigenvalue weighted by Gasteiger charge is -2.24. The molecule has 3 atom stereocenters. The summed E-state index contributed by atoms with van der Waals surface area (Å²) in [5.74, 6) is 0. The van der Waals surface area contributed by atoms with Crippen LogP contribution in [-0.4, -0.2) is 22.2 Å². The first kappa shape index (κ1) is 15.1. The first-order chi connectivity index (χ1) is 8.31. The molecule has 2 N–H and O–H groups in total. The van der Waals surface area contributed by atoms with Crippen LogP contribution in [0.2, 0.25) is 0 Å². The molecule has 3 unspecified atom stereocenters. The van der Waals surface area contributed by atoms with Gasteiger partial charge in [-0.15, -0.1) is 0 Å².